The van der Waals surface area contributed by atoms with Gasteiger partial charge in [-0.05, 0) is 50.1 Å². The molecule has 1 aromatic carbocycles. The molecule has 0 radical (unpaired) electrons. The number of halogens is 1. The van der Waals surface area contributed by atoms with Gasteiger partial charge in [0.15, 0.2) is 0 Å². The number of hydrogen-bond acceptors (Lipinski definition) is 3. The Morgan fingerprint density at radius 2 is 2.04 bits per heavy atom. The van der Waals surface area contributed by atoms with E-state index in [1.165, 1.54) is 6.07 Å². The predicted octanol–water partition coefficient (Wildman–Crippen LogP) is 4.41. The van der Waals surface area contributed by atoms with Crippen LogP contribution in [0.15, 0.2) is 54.9 Å². The lowest BCUT2D eigenvalue weighted by atomic mass is 9.94. The Labute approximate surface area is 166 Å². The molecule has 1 atom stereocenters. The summed E-state index contributed by atoms with van der Waals surface area (Å²) >= 11 is 0. The van der Waals surface area contributed by atoms with E-state index in [1.807, 2.05) is 30.6 Å². The predicted molar refractivity (Wildman–Crippen MR) is 109 cm³/mol. The average molecular weight is 378 g/mol. The summed E-state index contributed by atoms with van der Waals surface area (Å²) in [5.41, 5.74) is 2.75. The molecule has 1 fully saturated rings. The average Bonchev–Trinajstić information content (AvgIpc) is 3.17. The van der Waals surface area contributed by atoms with E-state index in [2.05, 4.69) is 33.5 Å². The maximum absolute atomic E-state index is 14.0. The van der Waals surface area contributed by atoms with Crippen molar-refractivity contribution in [2.75, 3.05) is 13.1 Å². The maximum Gasteiger partial charge on any atom is 0.126 e. The Balaban J connectivity index is 1.45. The van der Waals surface area contributed by atoms with Crippen molar-refractivity contribution in [3.63, 3.8) is 0 Å². The van der Waals surface area contributed by atoms with Gasteiger partial charge in [-0.1, -0.05) is 24.3 Å². The molecule has 1 saturated heterocycles. The van der Waals surface area contributed by atoms with Gasteiger partial charge in [-0.2, -0.15) is 0 Å². The zero-order valence-electron chi connectivity index (χ0n) is 16.4. The highest BCUT2D eigenvalue weighted by atomic mass is 19.1. The SMILES string of the molecule is CCn1ccnc1CN1CCCC(c2cccc(Cc3ccccc3F)n2)C1. The number of hydrogen-bond donors (Lipinski definition) is 0. The van der Waals surface area contributed by atoms with Crippen LogP contribution in [-0.2, 0) is 19.5 Å². The lowest BCUT2D eigenvalue weighted by Crippen LogP contribution is -2.35. The first-order chi connectivity index (χ1) is 13.7. The summed E-state index contributed by atoms with van der Waals surface area (Å²) in [4.78, 5) is 11.9. The fourth-order valence-electron chi connectivity index (χ4n) is 4.08. The van der Waals surface area contributed by atoms with E-state index in [1.54, 1.807) is 6.07 Å². The first-order valence-electron chi connectivity index (χ1n) is 10.1. The van der Waals surface area contributed by atoms with Crippen LogP contribution in [0.5, 0.6) is 0 Å². The van der Waals surface area contributed by atoms with E-state index < -0.39 is 0 Å². The van der Waals surface area contributed by atoms with E-state index in [0.717, 1.165) is 56.2 Å². The second kappa shape index (κ2) is 8.65. The molecule has 3 aromatic rings. The highest BCUT2D eigenvalue weighted by Crippen LogP contribution is 2.27. The van der Waals surface area contributed by atoms with Gasteiger partial charge in [-0.3, -0.25) is 9.88 Å². The summed E-state index contributed by atoms with van der Waals surface area (Å²) in [6.45, 7) is 6.07. The first-order valence-corrected chi connectivity index (χ1v) is 10.1. The summed E-state index contributed by atoms with van der Waals surface area (Å²) in [6, 6.07) is 13.1. The lowest BCUT2D eigenvalue weighted by Gasteiger charge is -2.32. The molecule has 0 aliphatic carbocycles. The molecule has 1 unspecified atom stereocenters. The lowest BCUT2D eigenvalue weighted by molar-refractivity contribution is 0.192. The molecule has 0 saturated carbocycles. The molecule has 1 aliphatic heterocycles. The van der Waals surface area contributed by atoms with Crippen molar-refractivity contribution < 1.29 is 4.39 Å². The summed E-state index contributed by atoms with van der Waals surface area (Å²) in [7, 11) is 0. The maximum atomic E-state index is 14.0. The largest absolute Gasteiger partial charge is 0.334 e. The molecule has 146 valence electrons. The minimum absolute atomic E-state index is 0.162. The zero-order valence-corrected chi connectivity index (χ0v) is 16.4. The van der Waals surface area contributed by atoms with Gasteiger partial charge in [0.25, 0.3) is 0 Å². The fourth-order valence-corrected chi connectivity index (χ4v) is 4.08. The van der Waals surface area contributed by atoms with Crippen LogP contribution in [0.25, 0.3) is 0 Å². The van der Waals surface area contributed by atoms with Gasteiger partial charge in [0, 0.05) is 49.2 Å². The second-order valence-electron chi connectivity index (χ2n) is 7.53. The summed E-state index contributed by atoms with van der Waals surface area (Å²) in [5.74, 6) is 1.38. The number of likely N-dealkylation sites (tertiary alicyclic amines) is 1. The van der Waals surface area contributed by atoms with Crippen molar-refractivity contribution in [2.45, 2.75) is 45.2 Å². The van der Waals surface area contributed by atoms with Gasteiger partial charge >= 0.3 is 0 Å². The molecular weight excluding hydrogens is 351 g/mol. The third kappa shape index (κ3) is 4.30. The Bertz CT molecular complexity index is 920. The van der Waals surface area contributed by atoms with E-state index in [0.29, 0.717) is 17.9 Å². The van der Waals surface area contributed by atoms with E-state index in [-0.39, 0.29) is 5.82 Å². The minimum Gasteiger partial charge on any atom is -0.334 e. The normalized spacial score (nSPS) is 17.7. The Morgan fingerprint density at radius 3 is 2.89 bits per heavy atom. The van der Waals surface area contributed by atoms with Crippen molar-refractivity contribution in [2.24, 2.45) is 0 Å². The molecule has 4 rings (SSSR count). The van der Waals surface area contributed by atoms with E-state index in [4.69, 9.17) is 4.98 Å². The Hall–Kier alpha value is -2.53. The van der Waals surface area contributed by atoms with Crippen LogP contribution in [0.3, 0.4) is 0 Å². The molecule has 1 aliphatic rings. The fraction of sp³-hybridized carbons (Fsp3) is 0.391. The number of aromatic nitrogens is 3. The number of rotatable bonds is 6. The van der Waals surface area contributed by atoms with Gasteiger partial charge in [0.05, 0.1) is 6.54 Å². The topological polar surface area (TPSA) is 34.0 Å². The monoisotopic (exact) mass is 378 g/mol. The van der Waals surface area contributed by atoms with E-state index >= 15 is 0 Å². The van der Waals surface area contributed by atoms with Crippen LogP contribution < -0.4 is 0 Å². The van der Waals surface area contributed by atoms with Crippen LogP contribution in [0, 0.1) is 5.82 Å². The molecular formula is C23H27FN4. The molecule has 0 spiro atoms. The van der Waals surface area contributed by atoms with Crippen molar-refractivity contribution in [1.82, 2.24) is 19.4 Å². The highest BCUT2D eigenvalue weighted by Gasteiger charge is 2.23. The first kappa shape index (κ1) is 18.8. The Kier molecular flexibility index (Phi) is 5.81. The molecule has 2 aromatic heterocycles. The number of benzene rings is 1. The molecule has 5 heteroatoms. The third-order valence-corrected chi connectivity index (χ3v) is 5.59. The van der Waals surface area contributed by atoms with Crippen molar-refractivity contribution in [3.8, 4) is 0 Å². The molecule has 4 nitrogen and oxygen atoms in total. The highest BCUT2D eigenvalue weighted by molar-refractivity contribution is 5.25. The standard InChI is InChI=1S/C23H27FN4/c1-2-28-14-12-25-23(28)17-27-13-6-8-19(16-27)22-11-5-9-20(26-22)15-18-7-3-4-10-21(18)24/h3-5,7,9-12,14,19H,2,6,8,13,15-17H2,1H3. The molecule has 3 heterocycles. The van der Waals surface area contributed by atoms with Gasteiger partial charge in [-0.25, -0.2) is 9.37 Å². The summed E-state index contributed by atoms with van der Waals surface area (Å²) < 4.78 is 16.2. The molecule has 28 heavy (non-hydrogen) atoms. The van der Waals surface area contributed by atoms with Crippen LogP contribution in [0.1, 0.15) is 48.5 Å². The van der Waals surface area contributed by atoms with Gasteiger partial charge in [0.1, 0.15) is 11.6 Å². The summed E-state index contributed by atoms with van der Waals surface area (Å²) in [5, 5.41) is 0. The number of pyridine rings is 1. The number of aryl methyl sites for hydroxylation is 1. The van der Waals surface area contributed by atoms with Gasteiger partial charge in [-0.15, -0.1) is 0 Å². The quantitative estimate of drug-likeness (QED) is 0.637. The van der Waals surface area contributed by atoms with Crippen LogP contribution in [0.2, 0.25) is 0 Å². The second-order valence-corrected chi connectivity index (χ2v) is 7.53. The van der Waals surface area contributed by atoms with Crippen LogP contribution >= 0.6 is 0 Å². The number of imidazole rings is 1. The van der Waals surface area contributed by atoms with E-state index in [9.17, 15) is 4.39 Å². The Morgan fingerprint density at radius 1 is 1.14 bits per heavy atom. The van der Waals surface area contributed by atoms with Crippen LogP contribution in [0.4, 0.5) is 4.39 Å². The zero-order chi connectivity index (χ0) is 19.3. The van der Waals surface area contributed by atoms with Crippen LogP contribution in [-0.4, -0.2) is 32.5 Å². The smallest absolute Gasteiger partial charge is 0.126 e. The summed E-state index contributed by atoms with van der Waals surface area (Å²) in [6.07, 6.45) is 6.77. The number of piperidine rings is 1. The van der Waals surface area contributed by atoms with Crippen molar-refractivity contribution in [1.29, 1.82) is 0 Å². The molecule has 0 amide bonds. The van der Waals surface area contributed by atoms with Gasteiger partial charge in [0.2, 0.25) is 0 Å². The minimum atomic E-state index is -0.162. The van der Waals surface area contributed by atoms with Crippen molar-refractivity contribution >= 4 is 0 Å². The number of nitrogens with zero attached hydrogens (tertiary/aromatic N) is 4. The molecule has 0 N–H and O–H groups in total. The van der Waals surface area contributed by atoms with Gasteiger partial charge < -0.3 is 4.57 Å². The van der Waals surface area contributed by atoms with Crippen molar-refractivity contribution in [3.05, 3.63) is 83.5 Å². The molecule has 0 bridgehead atoms. The third-order valence-electron chi connectivity index (χ3n) is 5.59.